The normalized spacial score (nSPS) is 28.0. The zero-order valence-corrected chi connectivity index (χ0v) is 66.7. The Balaban J connectivity index is 0.000000145. The molecule has 0 unspecified atom stereocenters. The fourth-order valence-electron chi connectivity index (χ4n) is 19.4. The second-order valence-electron chi connectivity index (χ2n) is 33.4. The number of nitrogens with zero attached hydrogens (tertiary/aromatic N) is 6. The lowest BCUT2D eigenvalue weighted by Crippen LogP contribution is -2.57. The van der Waals surface area contributed by atoms with Crippen molar-refractivity contribution in [2.45, 2.75) is 240 Å². The van der Waals surface area contributed by atoms with Crippen LogP contribution in [0.4, 0.5) is 4.39 Å². The zero-order valence-electron chi connectivity index (χ0n) is 66.7. The minimum absolute atomic E-state index is 0.0159. The third kappa shape index (κ3) is 20.3. The van der Waals surface area contributed by atoms with Gasteiger partial charge in [-0.1, -0.05) is 176 Å². The van der Waals surface area contributed by atoms with Crippen LogP contribution < -0.4 is 31.9 Å². The maximum atomic E-state index is 14.3. The van der Waals surface area contributed by atoms with Crippen LogP contribution in [0.25, 0.3) is 0 Å². The van der Waals surface area contributed by atoms with Gasteiger partial charge in [0, 0.05) is 95.4 Å². The Morgan fingerprint density at radius 1 is 0.299 bits per heavy atom. The van der Waals surface area contributed by atoms with Gasteiger partial charge in [-0.2, -0.15) is 0 Å². The lowest BCUT2D eigenvalue weighted by Gasteiger charge is -2.37. The van der Waals surface area contributed by atoms with E-state index in [1.54, 1.807) is 36.6 Å². The molecule has 12 amide bonds. The molecule has 6 N–H and O–H groups in total. The number of aryl methyl sites for hydroxylation is 1. The Morgan fingerprint density at radius 2 is 0.598 bits per heavy atom. The molecule has 6 aromatic carbocycles. The van der Waals surface area contributed by atoms with Crippen LogP contribution in [0, 0.1) is 18.7 Å². The molecule has 0 bridgehead atoms. The number of rotatable bonds is 12. The average molecular weight is 1590 g/mol. The van der Waals surface area contributed by atoms with Gasteiger partial charge < -0.3 is 61.3 Å². The maximum Gasteiger partial charge on any atom is 0.246 e. The second-order valence-corrected chi connectivity index (χ2v) is 33.4. The van der Waals surface area contributed by atoms with Crippen LogP contribution in [-0.2, 0) is 96.1 Å². The molecule has 16 rings (SSSR count). The predicted octanol–water partition coefficient (Wildman–Crippen LogP) is 7.10. The number of amides is 12. The van der Waals surface area contributed by atoms with Crippen molar-refractivity contribution in [3.8, 4) is 0 Å². The van der Waals surface area contributed by atoms with E-state index in [9.17, 15) is 61.9 Å². The van der Waals surface area contributed by atoms with Gasteiger partial charge >= 0.3 is 0 Å². The summed E-state index contributed by atoms with van der Waals surface area (Å²) in [7, 11) is 0. The summed E-state index contributed by atoms with van der Waals surface area (Å²) in [5, 5.41) is 18.1. The minimum Gasteiger partial charge on any atom is -0.351 e. The van der Waals surface area contributed by atoms with Gasteiger partial charge in [-0.15, -0.1) is 0 Å². The highest BCUT2D eigenvalue weighted by molar-refractivity contribution is 5.99. The first-order chi connectivity index (χ1) is 56.7. The number of nitrogens with one attached hydrogen (secondary N) is 6. The van der Waals surface area contributed by atoms with Crippen molar-refractivity contribution in [1.29, 1.82) is 0 Å². The number of benzene rings is 6. The van der Waals surface area contributed by atoms with E-state index >= 15 is 0 Å². The minimum atomic E-state index is -0.912. The predicted molar refractivity (Wildman–Crippen MR) is 436 cm³/mol. The molecule has 1 saturated carbocycles. The van der Waals surface area contributed by atoms with Crippen molar-refractivity contribution in [2.75, 3.05) is 32.7 Å². The number of halogens is 1. The molecule has 9 heterocycles. The fraction of sp³-hybridized carbons (Fsp3) is 0.478. The SMILES string of the molecule is Cc1ccc(C[C@@H]2NC(=O)C[C@H](Cc3ccccc3)NC(=O)[C@@H]3CCCN3C(=O)[C@@H]3CCCN3C2=O)cc1.O=C1C[C@H](Cc2ccccc2)NC(=O)[C@@H]2CCCN2C(=O)[C@@H]2CCCN2C(=O)[C@H](Cc2ccc(F)cc2)N1.O=C1C[C@H](Cc2ccccc2)NC(=O)[C@@H]2C[C@@H]3CCCC[C@@H]3N2C(=O)[C@@H]2CCCN2C(=O)[C@H](Cc2ccccc2)N1. The molecule has 616 valence electrons. The number of fused-ring (bicyclic) bond motifs is 8. The summed E-state index contributed by atoms with van der Waals surface area (Å²) in [6, 6.07) is 45.0. The van der Waals surface area contributed by atoms with Gasteiger partial charge in [0.1, 0.15) is 60.2 Å². The Bertz CT molecular complexity index is 4360. The molecular formula is C92H109FN12O12. The van der Waals surface area contributed by atoms with Crippen molar-refractivity contribution in [3.63, 3.8) is 0 Å². The first-order valence-corrected chi connectivity index (χ1v) is 42.3. The Kier molecular flexibility index (Phi) is 27.0. The van der Waals surface area contributed by atoms with E-state index in [-0.39, 0.29) is 108 Å². The van der Waals surface area contributed by atoms with Crippen molar-refractivity contribution >= 4 is 70.9 Å². The highest BCUT2D eigenvalue weighted by Crippen LogP contribution is 2.42. The molecule has 9 aliphatic heterocycles. The highest BCUT2D eigenvalue weighted by atomic mass is 19.1. The monoisotopic (exact) mass is 1590 g/mol. The maximum absolute atomic E-state index is 14.3. The van der Waals surface area contributed by atoms with Crippen LogP contribution in [-0.4, -0.2) is 212 Å². The second kappa shape index (κ2) is 38.3. The molecule has 9 saturated heterocycles. The van der Waals surface area contributed by atoms with Gasteiger partial charge in [-0.3, -0.25) is 57.5 Å². The van der Waals surface area contributed by atoms with E-state index in [0.717, 1.165) is 78.3 Å². The summed E-state index contributed by atoms with van der Waals surface area (Å²) in [5.74, 6) is -2.94. The number of hydrogen-bond acceptors (Lipinski definition) is 12. The van der Waals surface area contributed by atoms with E-state index in [2.05, 4.69) is 31.9 Å². The Labute approximate surface area is 683 Å². The molecule has 10 fully saturated rings. The molecular weight excluding hydrogens is 1480 g/mol. The topological polar surface area (TPSA) is 296 Å². The van der Waals surface area contributed by atoms with Gasteiger partial charge in [-0.05, 0) is 161 Å². The fourth-order valence-corrected chi connectivity index (χ4v) is 19.4. The smallest absolute Gasteiger partial charge is 0.246 e. The van der Waals surface area contributed by atoms with E-state index in [0.29, 0.717) is 128 Å². The molecule has 14 atom stereocenters. The van der Waals surface area contributed by atoms with E-state index in [1.807, 2.05) is 157 Å². The van der Waals surface area contributed by atoms with Crippen LogP contribution in [0.3, 0.4) is 0 Å². The van der Waals surface area contributed by atoms with Gasteiger partial charge in [0.15, 0.2) is 0 Å². The molecule has 24 nitrogen and oxygen atoms in total. The summed E-state index contributed by atoms with van der Waals surface area (Å²) < 4.78 is 13.5. The Morgan fingerprint density at radius 3 is 0.966 bits per heavy atom. The molecule has 117 heavy (non-hydrogen) atoms. The summed E-state index contributed by atoms with van der Waals surface area (Å²) in [5.41, 5.74) is 6.68. The van der Waals surface area contributed by atoms with E-state index < -0.39 is 72.5 Å². The first kappa shape index (κ1) is 82.4. The molecule has 10 aliphatic rings. The lowest BCUT2D eigenvalue weighted by atomic mass is 9.84. The van der Waals surface area contributed by atoms with Crippen molar-refractivity contribution in [3.05, 3.63) is 215 Å². The van der Waals surface area contributed by atoms with E-state index in [1.165, 1.54) is 12.1 Å². The number of carbonyl (C=O) groups excluding carboxylic acids is 12. The van der Waals surface area contributed by atoms with Crippen molar-refractivity contribution in [1.82, 2.24) is 61.3 Å². The van der Waals surface area contributed by atoms with Crippen LogP contribution >= 0.6 is 0 Å². The first-order valence-electron chi connectivity index (χ1n) is 42.3. The summed E-state index contributed by atoms with van der Waals surface area (Å²) >= 11 is 0. The van der Waals surface area contributed by atoms with Crippen LogP contribution in [0.2, 0.25) is 0 Å². The molecule has 0 aromatic heterocycles. The molecule has 0 spiro atoms. The zero-order chi connectivity index (χ0) is 81.6. The highest BCUT2D eigenvalue weighted by Gasteiger charge is 2.53. The van der Waals surface area contributed by atoms with Crippen molar-refractivity contribution in [2.24, 2.45) is 5.92 Å². The third-order valence-electron chi connectivity index (χ3n) is 25.2. The van der Waals surface area contributed by atoms with Gasteiger partial charge in [0.2, 0.25) is 70.9 Å². The largest absolute Gasteiger partial charge is 0.351 e. The van der Waals surface area contributed by atoms with Gasteiger partial charge in [-0.25, -0.2) is 4.39 Å². The van der Waals surface area contributed by atoms with E-state index in [4.69, 9.17) is 0 Å². The number of carbonyl (C=O) groups is 12. The average Bonchev–Trinajstić information content (AvgIpc) is 1.61. The third-order valence-corrected chi connectivity index (χ3v) is 25.2. The molecule has 0 radical (unpaired) electrons. The number of hydrogen-bond donors (Lipinski definition) is 6. The van der Waals surface area contributed by atoms with Crippen LogP contribution in [0.1, 0.15) is 155 Å². The quantitative estimate of drug-likeness (QED) is 0.0715. The van der Waals surface area contributed by atoms with Crippen molar-refractivity contribution < 1.29 is 61.9 Å². The summed E-state index contributed by atoms with van der Waals surface area (Å²) in [4.78, 5) is 174. The molecule has 1 aliphatic carbocycles. The van der Waals surface area contributed by atoms with Gasteiger partial charge in [0.05, 0.1) is 0 Å². The van der Waals surface area contributed by atoms with Crippen LogP contribution in [0.5, 0.6) is 0 Å². The molecule has 25 heteroatoms. The standard InChI is InChI=1S/C33H40N4O4.C30H36N4O4.C29H33FN4O4/c38-30-21-25(18-22-10-3-1-4-11-22)34-31(39)29-20-24-14-7-8-15-27(24)37(29)33(41)28-16-9-17-36(28)32(40)26(35-30)19-23-12-5-2-6-13-23;1-20-11-13-22(14-12-20)18-24-29(37)34-16-6-10-26(34)30(38)33-15-5-9-25(33)28(36)31-23(19-27(35)32-24)17-21-7-3-2-4-8-21;30-21-12-10-20(11-13-21)17-23-28(37)34-15-5-9-25(34)29(38)33-14-4-8-24(33)27(36)31-22(18-26(35)32-23)16-19-6-2-1-3-7-19/h1-6,10-13,24-29H,7-9,14-21H2,(H,34,39)(H,35,38);2-4,7-8,11-14,23-26H,5-6,9-10,15-19H2,1H3,(H,31,36)(H,32,35);1-3,6-7,10-13,22-25H,4-5,8-9,14-18H2,(H,31,36)(H,32,35)/t24-,25-,26-,27-,28-,29-;23-,24-,25-,26-;22-,23-,24-,25-/m000/s1. The van der Waals surface area contributed by atoms with Crippen LogP contribution in [0.15, 0.2) is 170 Å². The molecule has 6 aromatic rings. The lowest BCUT2D eigenvalue weighted by molar-refractivity contribution is -0.149. The Hall–Kier alpha value is -11.1. The summed E-state index contributed by atoms with van der Waals surface area (Å²) in [6.07, 6.45) is 13.4. The summed E-state index contributed by atoms with van der Waals surface area (Å²) in [6.45, 7) is 4.33. The van der Waals surface area contributed by atoms with Gasteiger partial charge in [0.25, 0.3) is 0 Å².